The number of hydrogen-bond acceptors (Lipinski definition) is 2. The minimum atomic E-state index is -0.163. The van der Waals surface area contributed by atoms with Crippen molar-refractivity contribution in [2.45, 2.75) is 26.7 Å². The van der Waals surface area contributed by atoms with Crippen molar-refractivity contribution < 1.29 is 9.59 Å². The van der Waals surface area contributed by atoms with Crippen molar-refractivity contribution in [3.63, 3.8) is 0 Å². The predicted molar refractivity (Wildman–Crippen MR) is 92.7 cm³/mol. The summed E-state index contributed by atoms with van der Waals surface area (Å²) in [7, 11) is 0. The largest absolute Gasteiger partial charge is 0.343 e. The fourth-order valence-corrected chi connectivity index (χ4v) is 3.02. The highest BCUT2D eigenvalue weighted by atomic mass is 35.5. The third-order valence-corrected chi connectivity index (χ3v) is 4.48. The first-order valence-corrected chi connectivity index (χ1v) is 8.53. The number of benzene rings is 1. The Balaban J connectivity index is 1.96. The van der Waals surface area contributed by atoms with Gasteiger partial charge in [-0.05, 0) is 51.0 Å². The summed E-state index contributed by atoms with van der Waals surface area (Å²) in [5, 5.41) is 3.49. The van der Waals surface area contributed by atoms with Gasteiger partial charge in [-0.25, -0.2) is 4.79 Å². The average molecular weight is 338 g/mol. The Bertz CT molecular complexity index is 543. The number of nitrogens with one attached hydrogen (secondary N) is 1. The number of piperidine rings is 1. The zero-order valence-corrected chi connectivity index (χ0v) is 14.5. The average Bonchev–Trinajstić information content (AvgIpc) is 2.58. The molecule has 3 amide bonds. The van der Waals surface area contributed by atoms with E-state index < -0.39 is 0 Å². The molecule has 1 unspecified atom stereocenters. The molecule has 0 bridgehead atoms. The van der Waals surface area contributed by atoms with Crippen LogP contribution in [-0.2, 0) is 4.79 Å². The van der Waals surface area contributed by atoms with Crippen LogP contribution in [0.5, 0.6) is 0 Å². The molecule has 1 heterocycles. The number of urea groups is 1. The van der Waals surface area contributed by atoms with Crippen molar-refractivity contribution in [1.82, 2.24) is 9.80 Å². The molecule has 0 aromatic heterocycles. The van der Waals surface area contributed by atoms with Gasteiger partial charge in [-0.3, -0.25) is 4.79 Å². The van der Waals surface area contributed by atoms with Gasteiger partial charge in [0.15, 0.2) is 0 Å². The molecule has 1 fully saturated rings. The summed E-state index contributed by atoms with van der Waals surface area (Å²) in [5.41, 5.74) is 0.705. The standard InChI is InChI=1S/C17H24ClN3O2/c1-3-20(4-2)16(22)13-6-5-11-21(12-13)17(23)19-15-9-7-14(18)8-10-15/h7-10,13H,3-6,11-12H2,1-2H3,(H,19,23). The van der Waals surface area contributed by atoms with Gasteiger partial charge in [0, 0.05) is 36.9 Å². The Morgan fingerprint density at radius 1 is 1.26 bits per heavy atom. The second-order valence-electron chi connectivity index (χ2n) is 5.73. The van der Waals surface area contributed by atoms with Crippen LogP contribution in [0.4, 0.5) is 10.5 Å². The molecule has 1 N–H and O–H groups in total. The van der Waals surface area contributed by atoms with Crippen LogP contribution >= 0.6 is 11.6 Å². The van der Waals surface area contributed by atoms with Crippen molar-refractivity contribution in [2.24, 2.45) is 5.92 Å². The molecule has 0 radical (unpaired) electrons. The second-order valence-corrected chi connectivity index (χ2v) is 6.17. The van der Waals surface area contributed by atoms with Crippen LogP contribution < -0.4 is 5.32 Å². The highest BCUT2D eigenvalue weighted by molar-refractivity contribution is 6.30. The molecule has 1 aliphatic rings. The Morgan fingerprint density at radius 3 is 2.52 bits per heavy atom. The maximum absolute atomic E-state index is 12.5. The molecule has 0 aliphatic carbocycles. The summed E-state index contributed by atoms with van der Waals surface area (Å²) >= 11 is 5.84. The van der Waals surface area contributed by atoms with Crippen LogP contribution in [0, 0.1) is 5.92 Å². The van der Waals surface area contributed by atoms with E-state index in [1.165, 1.54) is 0 Å². The molecule has 126 valence electrons. The summed E-state index contributed by atoms with van der Waals surface area (Å²) < 4.78 is 0. The van der Waals surface area contributed by atoms with E-state index in [2.05, 4.69) is 5.32 Å². The van der Waals surface area contributed by atoms with E-state index in [9.17, 15) is 9.59 Å². The van der Waals surface area contributed by atoms with Crippen LogP contribution in [0.2, 0.25) is 5.02 Å². The first kappa shape index (κ1) is 17.6. The van der Waals surface area contributed by atoms with Gasteiger partial charge in [-0.15, -0.1) is 0 Å². The second kappa shape index (κ2) is 8.20. The molecular formula is C17H24ClN3O2. The Hall–Kier alpha value is -1.75. The van der Waals surface area contributed by atoms with Gasteiger partial charge in [-0.2, -0.15) is 0 Å². The summed E-state index contributed by atoms with van der Waals surface area (Å²) in [6.07, 6.45) is 1.70. The van der Waals surface area contributed by atoms with Crippen molar-refractivity contribution in [3.05, 3.63) is 29.3 Å². The lowest BCUT2D eigenvalue weighted by molar-refractivity contribution is -0.136. The van der Waals surface area contributed by atoms with E-state index in [4.69, 9.17) is 11.6 Å². The number of rotatable bonds is 4. The first-order valence-electron chi connectivity index (χ1n) is 8.15. The Kier molecular flexibility index (Phi) is 6.28. The number of likely N-dealkylation sites (tertiary alicyclic amines) is 1. The molecule has 1 saturated heterocycles. The van der Waals surface area contributed by atoms with E-state index in [1.807, 2.05) is 18.7 Å². The maximum Gasteiger partial charge on any atom is 0.321 e. The van der Waals surface area contributed by atoms with Gasteiger partial charge in [-0.1, -0.05) is 11.6 Å². The van der Waals surface area contributed by atoms with Crippen LogP contribution in [0.15, 0.2) is 24.3 Å². The molecule has 1 aliphatic heterocycles. The SMILES string of the molecule is CCN(CC)C(=O)C1CCCN(C(=O)Nc2ccc(Cl)cc2)C1. The van der Waals surface area contributed by atoms with Crippen LogP contribution in [0.1, 0.15) is 26.7 Å². The number of nitrogens with zero attached hydrogens (tertiary/aromatic N) is 2. The van der Waals surface area contributed by atoms with Crippen LogP contribution in [0.3, 0.4) is 0 Å². The summed E-state index contributed by atoms with van der Waals surface area (Å²) in [4.78, 5) is 28.4. The molecule has 1 atom stereocenters. The topological polar surface area (TPSA) is 52.7 Å². The molecule has 1 aromatic rings. The fraction of sp³-hybridized carbons (Fsp3) is 0.529. The highest BCUT2D eigenvalue weighted by Gasteiger charge is 2.30. The molecule has 6 heteroatoms. The first-order chi connectivity index (χ1) is 11.0. The lowest BCUT2D eigenvalue weighted by Crippen LogP contribution is -2.47. The van der Waals surface area contributed by atoms with Gasteiger partial charge >= 0.3 is 6.03 Å². The number of carbonyl (C=O) groups excluding carboxylic acids is 2. The molecule has 23 heavy (non-hydrogen) atoms. The van der Waals surface area contributed by atoms with Gasteiger partial charge < -0.3 is 15.1 Å². The van der Waals surface area contributed by atoms with E-state index in [1.54, 1.807) is 29.2 Å². The molecule has 2 rings (SSSR count). The minimum Gasteiger partial charge on any atom is -0.343 e. The van der Waals surface area contributed by atoms with Gasteiger partial charge in [0.05, 0.1) is 5.92 Å². The number of hydrogen-bond donors (Lipinski definition) is 1. The number of anilines is 1. The zero-order chi connectivity index (χ0) is 16.8. The van der Waals surface area contributed by atoms with Crippen molar-refractivity contribution in [1.29, 1.82) is 0 Å². The van der Waals surface area contributed by atoms with Gasteiger partial charge in [0.25, 0.3) is 0 Å². The highest BCUT2D eigenvalue weighted by Crippen LogP contribution is 2.20. The van der Waals surface area contributed by atoms with Crippen molar-refractivity contribution in [3.8, 4) is 0 Å². The quantitative estimate of drug-likeness (QED) is 0.914. The van der Waals surface area contributed by atoms with E-state index in [0.29, 0.717) is 36.9 Å². The third kappa shape index (κ3) is 4.61. The number of amides is 3. The molecule has 0 saturated carbocycles. The summed E-state index contributed by atoms with van der Waals surface area (Å²) in [5.74, 6) is 0.0543. The molecule has 0 spiro atoms. The monoisotopic (exact) mass is 337 g/mol. The van der Waals surface area contributed by atoms with E-state index >= 15 is 0 Å². The Labute approximate surface area is 142 Å². The lowest BCUT2D eigenvalue weighted by Gasteiger charge is -2.34. The summed E-state index contributed by atoms with van der Waals surface area (Å²) in [6, 6.07) is 6.84. The van der Waals surface area contributed by atoms with Gasteiger partial charge in [0.1, 0.15) is 0 Å². The van der Waals surface area contributed by atoms with Crippen LogP contribution in [-0.4, -0.2) is 47.9 Å². The van der Waals surface area contributed by atoms with Gasteiger partial charge in [0.2, 0.25) is 5.91 Å². The van der Waals surface area contributed by atoms with E-state index in [0.717, 1.165) is 12.8 Å². The number of carbonyl (C=O) groups is 2. The summed E-state index contributed by atoms with van der Waals surface area (Å²) in [6.45, 7) is 6.55. The minimum absolute atomic E-state index is 0.0976. The van der Waals surface area contributed by atoms with E-state index in [-0.39, 0.29) is 17.9 Å². The normalized spacial score (nSPS) is 17.7. The molecular weight excluding hydrogens is 314 g/mol. The van der Waals surface area contributed by atoms with Crippen molar-refractivity contribution in [2.75, 3.05) is 31.5 Å². The number of halogens is 1. The lowest BCUT2D eigenvalue weighted by atomic mass is 9.96. The smallest absolute Gasteiger partial charge is 0.321 e. The predicted octanol–water partition coefficient (Wildman–Crippen LogP) is 3.45. The Morgan fingerprint density at radius 2 is 1.91 bits per heavy atom. The maximum atomic E-state index is 12.5. The fourth-order valence-electron chi connectivity index (χ4n) is 2.89. The molecule has 5 nitrogen and oxygen atoms in total. The third-order valence-electron chi connectivity index (χ3n) is 4.23. The molecule has 1 aromatic carbocycles. The van der Waals surface area contributed by atoms with Crippen LogP contribution in [0.25, 0.3) is 0 Å². The zero-order valence-electron chi connectivity index (χ0n) is 13.7. The van der Waals surface area contributed by atoms with Crippen molar-refractivity contribution >= 4 is 29.2 Å².